The summed E-state index contributed by atoms with van der Waals surface area (Å²) in [4.78, 5) is 35.5. The van der Waals surface area contributed by atoms with Gasteiger partial charge in [0.15, 0.2) is 5.49 Å². The van der Waals surface area contributed by atoms with Crippen molar-refractivity contribution >= 4 is 22.7 Å². The number of hydrogen-bond acceptors (Lipinski definition) is 6. The highest BCUT2D eigenvalue weighted by Crippen LogP contribution is 2.31. The second kappa shape index (κ2) is 9.96. The number of aromatic nitrogens is 2. The minimum atomic E-state index is -4.58. The molecule has 9 nitrogen and oxygen atoms in total. The van der Waals surface area contributed by atoms with Crippen molar-refractivity contribution in [1.82, 2.24) is 25.2 Å². The van der Waals surface area contributed by atoms with E-state index in [9.17, 15) is 28.0 Å². The molecule has 3 N–H and O–H groups in total. The fourth-order valence-electron chi connectivity index (χ4n) is 5.41. The van der Waals surface area contributed by atoms with Gasteiger partial charge < -0.3 is 20.7 Å². The number of nitrogens with one attached hydrogen (secondary N) is 2. The highest BCUT2D eigenvalue weighted by molar-refractivity contribution is 5.85. The van der Waals surface area contributed by atoms with E-state index in [1.165, 1.54) is 6.92 Å². The molecule has 0 radical (unpaired) electrons. The minimum absolute atomic E-state index is 0.00374. The molecule has 2 aromatic rings. The fraction of sp³-hybridized carbons (Fsp3) is 0.600. The number of halogens is 3. The Morgan fingerprint density at radius 3 is 2.57 bits per heavy atom. The van der Waals surface area contributed by atoms with Crippen LogP contribution >= 0.6 is 0 Å². The third-order valence-corrected chi connectivity index (χ3v) is 6.83. The average Bonchev–Trinajstić information content (AvgIpc) is 3.13. The van der Waals surface area contributed by atoms with Crippen LogP contribution in [-0.4, -0.2) is 67.9 Å². The topological polar surface area (TPSA) is 112 Å². The zero-order valence-corrected chi connectivity index (χ0v) is 21.3. The second-order valence-corrected chi connectivity index (χ2v) is 10.9. The smallest absolute Gasteiger partial charge is 0.416 e. The van der Waals surface area contributed by atoms with Crippen LogP contribution in [0.2, 0.25) is 0 Å². The molecule has 2 fully saturated rings. The van der Waals surface area contributed by atoms with Gasteiger partial charge >= 0.3 is 6.18 Å². The van der Waals surface area contributed by atoms with Gasteiger partial charge in [-0.2, -0.15) is 17.9 Å². The molecule has 37 heavy (non-hydrogen) atoms. The number of carbonyl (C=O) groups is 2. The van der Waals surface area contributed by atoms with Crippen LogP contribution in [0, 0.1) is 0 Å². The molecule has 2 amide bonds. The molecule has 1 aliphatic heterocycles. The van der Waals surface area contributed by atoms with Crippen molar-refractivity contribution in [2.75, 3.05) is 6.54 Å². The van der Waals surface area contributed by atoms with E-state index in [1.54, 1.807) is 4.90 Å². The van der Waals surface area contributed by atoms with E-state index >= 15 is 0 Å². The maximum atomic E-state index is 13.4. The van der Waals surface area contributed by atoms with Gasteiger partial charge in [-0.25, -0.2) is 4.98 Å². The fourth-order valence-corrected chi connectivity index (χ4v) is 5.41. The Bertz CT molecular complexity index is 1250. The first-order chi connectivity index (χ1) is 17.2. The Labute approximate surface area is 212 Å². The molecule has 2 aliphatic rings. The number of fused-ring (bicyclic) bond motifs is 1. The molecular weight excluding hydrogens is 489 g/mol. The van der Waals surface area contributed by atoms with Gasteiger partial charge in [0.1, 0.15) is 12.4 Å². The number of nitrogens with zero attached hydrogens (tertiary/aromatic N) is 4. The summed E-state index contributed by atoms with van der Waals surface area (Å²) in [5, 5.41) is 16.6. The van der Waals surface area contributed by atoms with E-state index in [0.29, 0.717) is 30.5 Å². The lowest BCUT2D eigenvalue weighted by Crippen LogP contribution is -2.59. The third kappa shape index (κ3) is 6.06. The molecule has 1 aliphatic carbocycles. The predicted octanol–water partition coefficient (Wildman–Crippen LogP) is 2.61. The van der Waals surface area contributed by atoms with Crippen LogP contribution in [0.1, 0.15) is 58.9 Å². The Morgan fingerprint density at radius 1 is 1.19 bits per heavy atom. The van der Waals surface area contributed by atoms with Crippen LogP contribution in [0.25, 0.3) is 10.9 Å². The third-order valence-electron chi connectivity index (χ3n) is 6.83. The summed E-state index contributed by atoms with van der Waals surface area (Å²) in [5.74, 6) is -0.415. The van der Waals surface area contributed by atoms with Gasteiger partial charge in [-0.3, -0.25) is 14.6 Å². The zero-order chi connectivity index (χ0) is 27.1. The first-order valence-electron chi connectivity index (χ1n) is 12.4. The normalized spacial score (nSPS) is 25.6. The standard InChI is InChI=1S/C25H33F3N6O3/c1-14(35)30-19-12-16(32-24(2,3)4)6-8-21(19)33-10-9-18(23(33)36)31-22-17-11-15(25(26,27)28)5-7-20(17)34(37)13-29-22/h5,7,11,13,16,18-19,21,32,37H,6,8-10,12H2,1-4H3,(H,30,35)/t16-,18?,19-,21+/m1/s1. The molecular formula is C25H33F3N6O3. The van der Waals surface area contributed by atoms with E-state index in [-0.39, 0.29) is 51.9 Å². The molecule has 0 spiro atoms. The van der Waals surface area contributed by atoms with Gasteiger partial charge in [0.05, 0.1) is 23.2 Å². The number of amides is 2. The van der Waals surface area contributed by atoms with Crippen molar-refractivity contribution in [2.24, 2.45) is 4.99 Å². The van der Waals surface area contributed by atoms with Crippen molar-refractivity contribution in [2.45, 2.75) is 89.3 Å². The van der Waals surface area contributed by atoms with E-state index in [2.05, 4.69) is 41.4 Å². The number of benzene rings is 1. The lowest BCUT2D eigenvalue weighted by atomic mass is 9.84. The summed E-state index contributed by atoms with van der Waals surface area (Å²) in [6, 6.07) is 1.83. The molecule has 1 saturated heterocycles. The molecule has 1 unspecified atom stereocenters. The predicted molar refractivity (Wildman–Crippen MR) is 130 cm³/mol. The van der Waals surface area contributed by atoms with Gasteiger partial charge in [-0.15, -0.1) is 0 Å². The quantitative estimate of drug-likeness (QED) is 0.535. The largest absolute Gasteiger partial charge is 0.427 e. The van der Waals surface area contributed by atoms with Crippen molar-refractivity contribution in [1.29, 1.82) is 0 Å². The van der Waals surface area contributed by atoms with Crippen molar-refractivity contribution in [3.8, 4) is 0 Å². The van der Waals surface area contributed by atoms with E-state index in [0.717, 1.165) is 30.9 Å². The molecule has 1 saturated carbocycles. The van der Waals surface area contributed by atoms with Crippen LogP contribution in [0.4, 0.5) is 13.2 Å². The summed E-state index contributed by atoms with van der Waals surface area (Å²) in [6.45, 7) is 8.12. The molecule has 2 heterocycles. The van der Waals surface area contributed by atoms with Crippen LogP contribution in [0.15, 0.2) is 29.5 Å². The Kier molecular flexibility index (Phi) is 7.24. The number of hydrogen-bond donors (Lipinski definition) is 3. The molecule has 1 aromatic heterocycles. The number of carbonyl (C=O) groups excluding carboxylic acids is 2. The Morgan fingerprint density at radius 2 is 1.92 bits per heavy atom. The second-order valence-electron chi connectivity index (χ2n) is 10.9. The number of alkyl halides is 3. The first kappa shape index (κ1) is 26.9. The zero-order valence-electron chi connectivity index (χ0n) is 21.3. The van der Waals surface area contributed by atoms with Crippen molar-refractivity contribution in [3.05, 3.63) is 35.6 Å². The summed E-state index contributed by atoms with van der Waals surface area (Å²) in [5.41, 5.74) is -0.930. The highest BCUT2D eigenvalue weighted by atomic mass is 19.4. The lowest BCUT2D eigenvalue weighted by Gasteiger charge is -2.43. The Hall–Kier alpha value is -3.15. The SMILES string of the molecule is CC(=O)N[C@@H]1C[C@H](NC(C)(C)C)CC[C@@H]1N1CCC(N=c2ncn(O)c3ccc(C(F)(F)F)cc23)C1=O. The average molecular weight is 523 g/mol. The van der Waals surface area contributed by atoms with Gasteiger partial charge in [0, 0.05) is 30.4 Å². The molecule has 0 bridgehead atoms. The maximum absolute atomic E-state index is 13.4. The molecule has 202 valence electrons. The number of rotatable bonds is 4. The van der Waals surface area contributed by atoms with Crippen LogP contribution in [0.3, 0.4) is 0 Å². The number of likely N-dealkylation sites (tertiary alicyclic amines) is 1. The van der Waals surface area contributed by atoms with E-state index in [1.807, 2.05) is 0 Å². The minimum Gasteiger partial charge on any atom is -0.427 e. The van der Waals surface area contributed by atoms with E-state index in [4.69, 9.17) is 0 Å². The summed E-state index contributed by atoms with van der Waals surface area (Å²) < 4.78 is 40.5. The van der Waals surface area contributed by atoms with Gasteiger partial charge in [-0.05, 0) is 64.7 Å². The van der Waals surface area contributed by atoms with Crippen LogP contribution in [-0.2, 0) is 15.8 Å². The maximum Gasteiger partial charge on any atom is 0.416 e. The van der Waals surface area contributed by atoms with Crippen LogP contribution < -0.4 is 16.1 Å². The highest BCUT2D eigenvalue weighted by Gasteiger charge is 2.42. The molecule has 12 heteroatoms. The monoisotopic (exact) mass is 522 g/mol. The molecule has 1 aromatic carbocycles. The van der Waals surface area contributed by atoms with Crippen molar-refractivity contribution < 1.29 is 28.0 Å². The van der Waals surface area contributed by atoms with E-state index < -0.39 is 17.8 Å². The lowest BCUT2D eigenvalue weighted by molar-refractivity contribution is -0.137. The Balaban J connectivity index is 1.61. The van der Waals surface area contributed by atoms with Gasteiger partial charge in [-0.1, -0.05) is 0 Å². The van der Waals surface area contributed by atoms with Crippen LogP contribution in [0.5, 0.6) is 0 Å². The van der Waals surface area contributed by atoms with Crippen molar-refractivity contribution in [3.63, 3.8) is 0 Å². The molecule has 4 rings (SSSR count). The molecule has 4 atom stereocenters. The van der Waals surface area contributed by atoms with Gasteiger partial charge in [0.2, 0.25) is 11.8 Å². The first-order valence-corrected chi connectivity index (χ1v) is 12.4. The summed E-state index contributed by atoms with van der Waals surface area (Å²) >= 11 is 0. The summed E-state index contributed by atoms with van der Waals surface area (Å²) in [7, 11) is 0. The van der Waals surface area contributed by atoms with Gasteiger partial charge in [0.25, 0.3) is 0 Å². The summed E-state index contributed by atoms with van der Waals surface area (Å²) in [6.07, 6.45) is -0.950.